The van der Waals surface area contributed by atoms with Crippen molar-refractivity contribution < 1.29 is 9.59 Å². The maximum atomic E-state index is 13.4. The number of para-hydroxylation sites is 1. The first-order valence-corrected chi connectivity index (χ1v) is 12.4. The first-order valence-electron chi connectivity index (χ1n) is 10.8. The highest BCUT2D eigenvalue weighted by molar-refractivity contribution is 9.10. The van der Waals surface area contributed by atoms with Crippen LogP contribution in [0.4, 0.5) is 0 Å². The van der Waals surface area contributed by atoms with E-state index in [2.05, 4.69) is 26.9 Å². The van der Waals surface area contributed by atoms with Crippen molar-refractivity contribution in [3.05, 3.63) is 63.6 Å². The Morgan fingerprint density at radius 3 is 2.45 bits per heavy atom. The molecule has 7 heteroatoms. The van der Waals surface area contributed by atoms with Gasteiger partial charge in [-0.1, -0.05) is 28.1 Å². The second-order valence-corrected chi connectivity index (χ2v) is 10.3. The standard InChI is InChI=1S/C24H24BrN3O2S/c25-18-9-7-16(8-10-18)23(29)27-14-11-17(12-15-27)24(30)28-13-3-5-20(28)22-26-19-4-1-2-6-21(19)31-22/h1-2,4,6-10,17,20H,3,5,11-15H2/t20-/m1/s1. The summed E-state index contributed by atoms with van der Waals surface area (Å²) in [6.07, 6.45) is 3.45. The van der Waals surface area contributed by atoms with Crippen molar-refractivity contribution in [1.82, 2.24) is 14.8 Å². The van der Waals surface area contributed by atoms with Gasteiger partial charge in [-0.15, -0.1) is 11.3 Å². The zero-order valence-corrected chi connectivity index (χ0v) is 19.6. The van der Waals surface area contributed by atoms with Gasteiger partial charge in [-0.2, -0.15) is 0 Å². The Bertz CT molecular complexity index is 1070. The molecule has 2 saturated heterocycles. The highest BCUT2D eigenvalue weighted by atomic mass is 79.9. The molecule has 1 atom stereocenters. The molecule has 2 aliphatic rings. The molecule has 2 amide bonds. The highest BCUT2D eigenvalue weighted by Gasteiger charge is 2.37. The van der Waals surface area contributed by atoms with E-state index in [1.54, 1.807) is 11.3 Å². The highest BCUT2D eigenvalue weighted by Crippen LogP contribution is 2.38. The molecule has 0 N–H and O–H groups in total. The first-order chi connectivity index (χ1) is 15.1. The molecule has 0 spiro atoms. The third-order valence-electron chi connectivity index (χ3n) is 6.35. The molecule has 31 heavy (non-hydrogen) atoms. The summed E-state index contributed by atoms with van der Waals surface area (Å²) in [5.74, 6) is 0.272. The van der Waals surface area contributed by atoms with Crippen LogP contribution in [0.5, 0.6) is 0 Å². The topological polar surface area (TPSA) is 53.5 Å². The quantitative estimate of drug-likeness (QED) is 0.494. The van der Waals surface area contributed by atoms with Crippen molar-refractivity contribution >= 4 is 49.3 Å². The van der Waals surface area contributed by atoms with E-state index in [9.17, 15) is 9.59 Å². The number of carbonyl (C=O) groups excluding carboxylic acids is 2. The Labute approximate surface area is 194 Å². The summed E-state index contributed by atoms with van der Waals surface area (Å²) in [5, 5.41) is 1.05. The maximum Gasteiger partial charge on any atom is 0.253 e. The molecular formula is C24H24BrN3O2S. The van der Waals surface area contributed by atoms with Gasteiger partial charge < -0.3 is 9.80 Å². The Morgan fingerprint density at radius 2 is 1.71 bits per heavy atom. The maximum absolute atomic E-state index is 13.4. The Hall–Kier alpha value is -2.25. The fraction of sp³-hybridized carbons (Fsp3) is 0.375. The van der Waals surface area contributed by atoms with Crippen LogP contribution in [0.25, 0.3) is 10.2 Å². The van der Waals surface area contributed by atoms with Crippen LogP contribution >= 0.6 is 27.3 Å². The predicted molar refractivity (Wildman–Crippen MR) is 126 cm³/mol. The Morgan fingerprint density at radius 1 is 0.968 bits per heavy atom. The fourth-order valence-corrected chi connectivity index (χ4v) is 6.04. The van der Waals surface area contributed by atoms with Gasteiger partial charge in [-0.3, -0.25) is 9.59 Å². The van der Waals surface area contributed by atoms with Crippen molar-refractivity contribution in [2.75, 3.05) is 19.6 Å². The van der Waals surface area contributed by atoms with E-state index in [1.165, 1.54) is 4.70 Å². The van der Waals surface area contributed by atoms with Crippen LogP contribution in [0.2, 0.25) is 0 Å². The minimum Gasteiger partial charge on any atom is -0.339 e. The van der Waals surface area contributed by atoms with E-state index in [4.69, 9.17) is 4.98 Å². The third kappa shape index (κ3) is 4.13. The molecule has 5 nitrogen and oxygen atoms in total. The lowest BCUT2D eigenvalue weighted by Crippen LogP contribution is -2.44. The molecule has 5 rings (SSSR count). The van der Waals surface area contributed by atoms with Crippen LogP contribution in [0.3, 0.4) is 0 Å². The molecule has 2 aliphatic heterocycles. The summed E-state index contributed by atoms with van der Waals surface area (Å²) in [5.41, 5.74) is 1.71. The molecule has 1 aromatic heterocycles. The molecule has 0 saturated carbocycles. The average Bonchev–Trinajstić information content (AvgIpc) is 3.45. The van der Waals surface area contributed by atoms with E-state index in [0.717, 1.165) is 47.2 Å². The number of hydrogen-bond acceptors (Lipinski definition) is 4. The number of thiazole rings is 1. The number of benzene rings is 2. The molecule has 0 unspecified atom stereocenters. The van der Waals surface area contributed by atoms with Gasteiger partial charge in [0.1, 0.15) is 5.01 Å². The van der Waals surface area contributed by atoms with Gasteiger partial charge in [0, 0.05) is 35.6 Å². The van der Waals surface area contributed by atoms with E-state index < -0.39 is 0 Å². The van der Waals surface area contributed by atoms with Crippen molar-refractivity contribution in [2.24, 2.45) is 5.92 Å². The lowest BCUT2D eigenvalue weighted by molar-refractivity contribution is -0.137. The number of carbonyl (C=O) groups is 2. The molecule has 3 heterocycles. The number of rotatable bonds is 3. The Kier molecular flexibility index (Phi) is 5.80. The van der Waals surface area contributed by atoms with E-state index in [-0.39, 0.29) is 23.8 Å². The normalized spacial score (nSPS) is 19.8. The first kappa shape index (κ1) is 20.6. The average molecular weight is 498 g/mol. The van der Waals surface area contributed by atoms with Crippen molar-refractivity contribution in [1.29, 1.82) is 0 Å². The lowest BCUT2D eigenvalue weighted by Gasteiger charge is -2.34. The van der Waals surface area contributed by atoms with Gasteiger partial charge in [-0.05, 0) is 62.1 Å². The number of hydrogen-bond donors (Lipinski definition) is 0. The monoisotopic (exact) mass is 497 g/mol. The summed E-state index contributed by atoms with van der Waals surface area (Å²) < 4.78 is 2.14. The minimum absolute atomic E-state index is 0.0102. The summed E-state index contributed by atoms with van der Waals surface area (Å²) >= 11 is 5.11. The molecular weight excluding hydrogens is 474 g/mol. The number of likely N-dealkylation sites (tertiary alicyclic amines) is 2. The molecule has 0 bridgehead atoms. The van der Waals surface area contributed by atoms with Crippen LogP contribution in [-0.2, 0) is 4.79 Å². The number of aromatic nitrogens is 1. The summed E-state index contributed by atoms with van der Waals surface area (Å²) in [6.45, 7) is 2.06. The number of piperidine rings is 1. The van der Waals surface area contributed by atoms with Crippen molar-refractivity contribution in [3.8, 4) is 0 Å². The largest absolute Gasteiger partial charge is 0.339 e. The van der Waals surface area contributed by atoms with Crippen LogP contribution in [0.15, 0.2) is 53.0 Å². The summed E-state index contributed by atoms with van der Waals surface area (Å²) in [7, 11) is 0. The second-order valence-electron chi connectivity index (χ2n) is 8.28. The fourth-order valence-electron chi connectivity index (χ4n) is 4.66. The van der Waals surface area contributed by atoms with Gasteiger partial charge in [0.05, 0.1) is 16.3 Å². The van der Waals surface area contributed by atoms with Crippen LogP contribution < -0.4 is 0 Å². The number of halogens is 1. The summed E-state index contributed by atoms with van der Waals surface area (Å²) in [6, 6.07) is 15.7. The van der Waals surface area contributed by atoms with Crippen LogP contribution in [0, 0.1) is 5.92 Å². The van der Waals surface area contributed by atoms with Crippen LogP contribution in [0.1, 0.15) is 47.1 Å². The number of fused-ring (bicyclic) bond motifs is 1. The molecule has 3 aromatic rings. The van der Waals surface area contributed by atoms with Gasteiger partial charge in [0.15, 0.2) is 0 Å². The van der Waals surface area contributed by atoms with Gasteiger partial charge in [0.25, 0.3) is 5.91 Å². The molecule has 160 valence electrons. The minimum atomic E-state index is -0.0102. The molecule has 0 radical (unpaired) electrons. The van der Waals surface area contributed by atoms with Gasteiger partial charge in [-0.25, -0.2) is 4.98 Å². The number of nitrogens with zero attached hydrogens (tertiary/aromatic N) is 3. The molecule has 2 fully saturated rings. The lowest BCUT2D eigenvalue weighted by atomic mass is 9.94. The Balaban J connectivity index is 1.24. The predicted octanol–water partition coefficient (Wildman–Crippen LogP) is 5.27. The SMILES string of the molecule is O=C(c1ccc(Br)cc1)N1CCC(C(=O)N2CCC[C@@H]2c2nc3ccccc3s2)CC1. The van der Waals surface area contributed by atoms with E-state index in [0.29, 0.717) is 18.7 Å². The zero-order valence-electron chi connectivity index (χ0n) is 17.2. The van der Waals surface area contributed by atoms with Crippen LogP contribution in [-0.4, -0.2) is 46.2 Å². The van der Waals surface area contributed by atoms with Gasteiger partial charge in [0.2, 0.25) is 5.91 Å². The molecule has 2 aromatic carbocycles. The second kappa shape index (κ2) is 8.71. The third-order valence-corrected chi connectivity index (χ3v) is 8.02. The molecule has 0 aliphatic carbocycles. The zero-order chi connectivity index (χ0) is 21.4. The smallest absolute Gasteiger partial charge is 0.253 e. The van der Waals surface area contributed by atoms with Gasteiger partial charge >= 0.3 is 0 Å². The number of amides is 2. The summed E-state index contributed by atoms with van der Waals surface area (Å²) in [4.78, 5) is 34.9. The van der Waals surface area contributed by atoms with E-state index >= 15 is 0 Å². The van der Waals surface area contributed by atoms with Crippen molar-refractivity contribution in [2.45, 2.75) is 31.7 Å². The van der Waals surface area contributed by atoms with Crippen molar-refractivity contribution in [3.63, 3.8) is 0 Å². The van der Waals surface area contributed by atoms with E-state index in [1.807, 2.05) is 47.4 Å².